The molecule has 0 spiro atoms. The largest absolute Gasteiger partial charge is 0.328 e. The fourth-order valence-electron chi connectivity index (χ4n) is 3.40. The molecule has 2 aromatic rings. The number of likely N-dealkylation sites (tertiary alicyclic amines) is 1. The number of aryl methyl sites for hydroxylation is 1. The molecule has 1 saturated heterocycles. The van der Waals surface area contributed by atoms with Crippen LogP contribution in [0.2, 0.25) is 5.02 Å². The van der Waals surface area contributed by atoms with Crippen LogP contribution in [0.1, 0.15) is 31.0 Å². The molecular weight excluding hydrogens is 365 g/mol. The van der Waals surface area contributed by atoms with Crippen molar-refractivity contribution in [1.82, 2.24) is 9.88 Å². The van der Waals surface area contributed by atoms with Gasteiger partial charge in [-0.3, -0.25) is 4.90 Å². The van der Waals surface area contributed by atoms with E-state index in [0.29, 0.717) is 5.92 Å². The van der Waals surface area contributed by atoms with E-state index in [9.17, 15) is 0 Å². The van der Waals surface area contributed by atoms with E-state index in [-0.39, 0.29) is 30.9 Å². The van der Waals surface area contributed by atoms with Gasteiger partial charge in [-0.05, 0) is 50.8 Å². The maximum absolute atomic E-state index is 6.58. The van der Waals surface area contributed by atoms with Crippen molar-refractivity contribution in [3.8, 4) is 0 Å². The van der Waals surface area contributed by atoms with E-state index in [1.807, 2.05) is 12.1 Å². The number of piperidine rings is 1. The minimum absolute atomic E-state index is 0. The maximum atomic E-state index is 6.58. The Morgan fingerprint density at radius 3 is 2.75 bits per heavy atom. The lowest BCUT2D eigenvalue weighted by atomic mass is 9.92. The van der Waals surface area contributed by atoms with Gasteiger partial charge in [-0.2, -0.15) is 0 Å². The Kier molecular flexibility index (Phi) is 8.24. The minimum atomic E-state index is 0. The third kappa shape index (κ3) is 4.53. The number of nitrogens with zero attached hydrogens (tertiary/aromatic N) is 2. The van der Waals surface area contributed by atoms with Crippen molar-refractivity contribution in [2.24, 2.45) is 11.7 Å². The van der Waals surface area contributed by atoms with Crippen LogP contribution in [0.4, 0.5) is 0 Å². The van der Waals surface area contributed by atoms with E-state index in [0.717, 1.165) is 46.8 Å². The Morgan fingerprint density at radius 2 is 2.04 bits per heavy atom. The molecular formula is C18H26Cl3N3. The molecule has 24 heavy (non-hydrogen) atoms. The predicted octanol–water partition coefficient (Wildman–Crippen LogP) is 4.60. The average molecular weight is 391 g/mol. The molecule has 2 heterocycles. The molecule has 134 valence electrons. The van der Waals surface area contributed by atoms with Crippen LogP contribution < -0.4 is 5.73 Å². The zero-order valence-electron chi connectivity index (χ0n) is 14.2. The summed E-state index contributed by atoms with van der Waals surface area (Å²) in [5, 5.41) is 1.95. The van der Waals surface area contributed by atoms with Crippen molar-refractivity contribution in [1.29, 1.82) is 0 Å². The van der Waals surface area contributed by atoms with Crippen molar-refractivity contribution in [2.45, 2.75) is 39.3 Å². The number of hydrogen-bond donors (Lipinski definition) is 1. The molecule has 1 aromatic heterocycles. The first kappa shape index (κ1) is 21.5. The number of benzene rings is 1. The summed E-state index contributed by atoms with van der Waals surface area (Å²) in [4.78, 5) is 7.24. The highest BCUT2D eigenvalue weighted by atomic mass is 35.5. The molecule has 2 N–H and O–H groups in total. The highest BCUT2D eigenvalue weighted by Crippen LogP contribution is 2.29. The van der Waals surface area contributed by atoms with Gasteiger partial charge in [-0.15, -0.1) is 24.8 Å². The monoisotopic (exact) mass is 389 g/mol. The van der Waals surface area contributed by atoms with Crippen molar-refractivity contribution < 1.29 is 0 Å². The first-order chi connectivity index (χ1) is 10.6. The molecule has 0 aliphatic carbocycles. The lowest BCUT2D eigenvalue weighted by molar-refractivity contribution is 0.153. The maximum Gasteiger partial charge on any atom is 0.0740 e. The first-order valence-electron chi connectivity index (χ1n) is 8.08. The molecule has 1 aliphatic heterocycles. The molecule has 3 rings (SSSR count). The van der Waals surface area contributed by atoms with Gasteiger partial charge in [0.15, 0.2) is 0 Å². The Bertz CT molecular complexity index is 676. The molecule has 0 amide bonds. The summed E-state index contributed by atoms with van der Waals surface area (Å²) in [7, 11) is 0. The van der Waals surface area contributed by atoms with Gasteiger partial charge < -0.3 is 5.73 Å². The molecule has 6 heteroatoms. The van der Waals surface area contributed by atoms with Gasteiger partial charge in [-0.25, -0.2) is 4.98 Å². The van der Waals surface area contributed by atoms with Crippen molar-refractivity contribution >= 4 is 47.3 Å². The van der Waals surface area contributed by atoms with Gasteiger partial charge in [0.25, 0.3) is 0 Å². The number of para-hydroxylation sites is 1. The highest BCUT2D eigenvalue weighted by Gasteiger charge is 2.24. The van der Waals surface area contributed by atoms with Crippen LogP contribution in [0.25, 0.3) is 10.9 Å². The summed E-state index contributed by atoms with van der Waals surface area (Å²) in [6.07, 6.45) is 2.43. The second kappa shape index (κ2) is 9.21. The molecule has 1 fully saturated rings. The van der Waals surface area contributed by atoms with E-state index in [1.54, 1.807) is 0 Å². The van der Waals surface area contributed by atoms with Crippen molar-refractivity contribution in [3.05, 3.63) is 40.5 Å². The van der Waals surface area contributed by atoms with Gasteiger partial charge in [0, 0.05) is 24.5 Å². The van der Waals surface area contributed by atoms with Gasteiger partial charge in [0.05, 0.1) is 16.2 Å². The van der Waals surface area contributed by atoms with Gasteiger partial charge >= 0.3 is 0 Å². The fourth-order valence-corrected chi connectivity index (χ4v) is 3.60. The number of fused-ring (bicyclic) bond motifs is 1. The number of rotatable bonds is 3. The molecule has 3 nitrogen and oxygen atoms in total. The summed E-state index contributed by atoms with van der Waals surface area (Å²) in [5.41, 5.74) is 9.23. The normalized spacial score (nSPS) is 19.4. The summed E-state index contributed by atoms with van der Waals surface area (Å²) in [5.74, 6) is 0.578. The average Bonchev–Trinajstić information content (AvgIpc) is 2.52. The van der Waals surface area contributed by atoms with E-state index in [2.05, 4.69) is 30.9 Å². The molecule has 2 unspecified atom stereocenters. The molecule has 0 radical (unpaired) electrons. The quantitative estimate of drug-likeness (QED) is 0.832. The predicted molar refractivity (Wildman–Crippen MR) is 108 cm³/mol. The van der Waals surface area contributed by atoms with Gasteiger partial charge in [-0.1, -0.05) is 29.8 Å². The molecule has 0 saturated carbocycles. The van der Waals surface area contributed by atoms with Crippen LogP contribution in [-0.4, -0.2) is 29.0 Å². The van der Waals surface area contributed by atoms with E-state index < -0.39 is 0 Å². The zero-order chi connectivity index (χ0) is 15.7. The Balaban J connectivity index is 0.00000144. The number of hydrogen-bond acceptors (Lipinski definition) is 3. The Labute approximate surface area is 161 Å². The fraction of sp³-hybridized carbons (Fsp3) is 0.500. The van der Waals surface area contributed by atoms with Crippen LogP contribution in [0.15, 0.2) is 24.3 Å². The first-order valence-corrected chi connectivity index (χ1v) is 8.45. The van der Waals surface area contributed by atoms with E-state index >= 15 is 0 Å². The molecule has 1 aromatic carbocycles. The third-order valence-corrected chi connectivity index (χ3v) is 5.31. The molecule has 1 aliphatic rings. The number of aromatic nitrogens is 1. The van der Waals surface area contributed by atoms with Crippen molar-refractivity contribution in [2.75, 3.05) is 13.1 Å². The lowest BCUT2D eigenvalue weighted by Gasteiger charge is -2.34. The van der Waals surface area contributed by atoms with Crippen molar-refractivity contribution in [3.63, 3.8) is 0 Å². The van der Waals surface area contributed by atoms with Gasteiger partial charge in [0.2, 0.25) is 0 Å². The van der Waals surface area contributed by atoms with Crippen LogP contribution in [-0.2, 0) is 6.54 Å². The second-order valence-corrected chi connectivity index (χ2v) is 6.89. The smallest absolute Gasteiger partial charge is 0.0740 e. The van der Waals surface area contributed by atoms with E-state index in [4.69, 9.17) is 22.3 Å². The van der Waals surface area contributed by atoms with Gasteiger partial charge in [0.1, 0.15) is 0 Å². The summed E-state index contributed by atoms with van der Waals surface area (Å²) < 4.78 is 0. The number of halogens is 3. The lowest BCUT2D eigenvalue weighted by Crippen LogP contribution is -2.42. The molecule has 2 atom stereocenters. The van der Waals surface area contributed by atoms with Crippen LogP contribution in [0, 0.1) is 12.8 Å². The SMILES string of the molecule is Cc1c(Cl)c(CN2CCCC(C(C)N)C2)nc2ccccc12.Cl.Cl. The Hall–Kier alpha value is -0.580. The van der Waals surface area contributed by atoms with E-state index in [1.165, 1.54) is 12.8 Å². The second-order valence-electron chi connectivity index (χ2n) is 6.51. The Morgan fingerprint density at radius 1 is 1.33 bits per heavy atom. The molecule has 0 bridgehead atoms. The minimum Gasteiger partial charge on any atom is -0.328 e. The number of pyridine rings is 1. The summed E-state index contributed by atoms with van der Waals surface area (Å²) in [6, 6.07) is 8.46. The van der Waals surface area contributed by atoms with Crippen LogP contribution >= 0.6 is 36.4 Å². The van der Waals surface area contributed by atoms with Crippen LogP contribution in [0.5, 0.6) is 0 Å². The highest BCUT2D eigenvalue weighted by molar-refractivity contribution is 6.32. The number of nitrogens with two attached hydrogens (primary N) is 1. The summed E-state index contributed by atoms with van der Waals surface area (Å²) in [6.45, 7) is 7.15. The standard InChI is InChI=1S/C18H24ClN3.2ClH/c1-12-15-7-3-4-8-16(15)21-17(18(12)19)11-22-9-5-6-14(10-22)13(2)20;;/h3-4,7-8,13-14H,5-6,9-11,20H2,1-2H3;2*1H. The zero-order valence-corrected chi connectivity index (χ0v) is 16.6. The van der Waals surface area contributed by atoms with Crippen LogP contribution in [0.3, 0.4) is 0 Å². The summed E-state index contributed by atoms with van der Waals surface area (Å²) >= 11 is 6.58. The topological polar surface area (TPSA) is 42.1 Å². The third-order valence-electron chi connectivity index (χ3n) is 4.80.